The number of hydrogen-bond acceptors (Lipinski definition) is 4. The molecule has 3 rings (SSSR count). The van der Waals surface area contributed by atoms with Gasteiger partial charge in [0.05, 0.1) is 12.0 Å². The molecule has 1 aliphatic heterocycles. The van der Waals surface area contributed by atoms with Crippen LogP contribution in [0.5, 0.6) is 5.75 Å². The van der Waals surface area contributed by atoms with E-state index in [4.69, 9.17) is 9.47 Å². The Balaban J connectivity index is 1.76. The first-order chi connectivity index (χ1) is 12.2. The van der Waals surface area contributed by atoms with Crippen LogP contribution in [0, 0.1) is 0 Å². The maximum absolute atomic E-state index is 12.5. The third-order valence-corrected chi connectivity index (χ3v) is 4.57. The van der Waals surface area contributed by atoms with Gasteiger partial charge in [-0.3, -0.25) is 9.59 Å². The van der Waals surface area contributed by atoms with Crippen LogP contribution >= 0.6 is 0 Å². The summed E-state index contributed by atoms with van der Waals surface area (Å²) in [6.45, 7) is 2.60. The summed E-state index contributed by atoms with van der Waals surface area (Å²) in [4.78, 5) is 26.7. The van der Waals surface area contributed by atoms with Gasteiger partial charge in [0.15, 0.2) is 6.61 Å². The number of carbonyl (C=O) groups is 1. The van der Waals surface area contributed by atoms with Gasteiger partial charge in [0.25, 0.3) is 11.5 Å². The third kappa shape index (κ3) is 4.02. The van der Waals surface area contributed by atoms with Crippen LogP contribution in [0.2, 0.25) is 0 Å². The average Bonchev–Trinajstić information content (AvgIpc) is 2.66. The number of hydrogen-bond donors (Lipinski definition) is 0. The van der Waals surface area contributed by atoms with E-state index >= 15 is 0 Å². The van der Waals surface area contributed by atoms with Crippen LogP contribution in [-0.4, -0.2) is 48.8 Å². The topological polar surface area (TPSA) is 60.8 Å². The smallest absolute Gasteiger partial charge is 0.260 e. The van der Waals surface area contributed by atoms with Gasteiger partial charge in [0, 0.05) is 38.3 Å². The zero-order valence-corrected chi connectivity index (χ0v) is 14.6. The van der Waals surface area contributed by atoms with Gasteiger partial charge in [-0.05, 0) is 37.5 Å². The Morgan fingerprint density at radius 1 is 1.12 bits per heavy atom. The number of likely N-dealkylation sites (tertiary alicyclic amines) is 1. The molecular weight excluding hydrogens is 320 g/mol. The molecule has 1 aliphatic rings. The van der Waals surface area contributed by atoms with E-state index in [0.717, 1.165) is 31.3 Å². The molecule has 0 saturated carbocycles. The first kappa shape index (κ1) is 17.5. The highest BCUT2D eigenvalue weighted by Crippen LogP contribution is 2.23. The summed E-state index contributed by atoms with van der Waals surface area (Å²) < 4.78 is 12.4. The minimum absolute atomic E-state index is 0.00476. The Bertz CT molecular complexity index is 794. The summed E-state index contributed by atoms with van der Waals surface area (Å²) >= 11 is 0. The lowest BCUT2D eigenvalue weighted by Gasteiger charge is -2.26. The van der Waals surface area contributed by atoms with E-state index in [1.165, 1.54) is 6.42 Å². The molecule has 6 heteroatoms. The molecule has 0 radical (unpaired) electrons. The number of benzene rings is 1. The summed E-state index contributed by atoms with van der Waals surface area (Å²) in [5, 5.41) is 1.31. The fourth-order valence-electron chi connectivity index (χ4n) is 3.16. The SMILES string of the molecule is COCCn1ccc2c(OCC(=O)N3CCCCC3)cccc2c1=O. The molecule has 6 nitrogen and oxygen atoms in total. The van der Waals surface area contributed by atoms with Crippen LogP contribution in [0.15, 0.2) is 35.3 Å². The van der Waals surface area contributed by atoms with E-state index in [-0.39, 0.29) is 18.1 Å². The Hall–Kier alpha value is -2.34. The Morgan fingerprint density at radius 2 is 1.92 bits per heavy atom. The number of aromatic nitrogens is 1. The Labute approximate surface area is 146 Å². The van der Waals surface area contributed by atoms with E-state index in [2.05, 4.69) is 0 Å². The highest BCUT2D eigenvalue weighted by atomic mass is 16.5. The molecule has 25 heavy (non-hydrogen) atoms. The molecule has 0 aliphatic carbocycles. The number of piperidine rings is 1. The van der Waals surface area contributed by atoms with Crippen molar-refractivity contribution in [2.75, 3.05) is 33.4 Å². The number of amides is 1. The molecule has 1 saturated heterocycles. The molecule has 0 atom stereocenters. The number of carbonyl (C=O) groups excluding carboxylic acids is 1. The second kappa shape index (κ2) is 8.16. The van der Waals surface area contributed by atoms with E-state index in [9.17, 15) is 9.59 Å². The van der Waals surface area contributed by atoms with Crippen LogP contribution in [0.1, 0.15) is 19.3 Å². The largest absolute Gasteiger partial charge is 0.483 e. The van der Waals surface area contributed by atoms with Gasteiger partial charge in [-0.1, -0.05) is 6.07 Å². The normalized spacial score (nSPS) is 14.7. The fourth-order valence-corrected chi connectivity index (χ4v) is 3.16. The molecule has 134 valence electrons. The monoisotopic (exact) mass is 344 g/mol. The Kier molecular flexibility index (Phi) is 5.71. The summed E-state index contributed by atoms with van der Waals surface area (Å²) in [7, 11) is 1.61. The number of fused-ring (bicyclic) bond motifs is 1. The Morgan fingerprint density at radius 3 is 2.68 bits per heavy atom. The van der Waals surface area contributed by atoms with Crippen molar-refractivity contribution >= 4 is 16.7 Å². The first-order valence-corrected chi connectivity index (χ1v) is 8.72. The molecule has 2 heterocycles. The average molecular weight is 344 g/mol. The van der Waals surface area contributed by atoms with Crippen molar-refractivity contribution in [1.29, 1.82) is 0 Å². The van der Waals surface area contributed by atoms with Crippen molar-refractivity contribution in [3.05, 3.63) is 40.8 Å². The van der Waals surface area contributed by atoms with E-state index < -0.39 is 0 Å². The van der Waals surface area contributed by atoms with E-state index in [1.807, 2.05) is 11.0 Å². The molecule has 1 fully saturated rings. The standard InChI is InChI=1S/C19H24N2O4/c1-24-13-12-21-11-8-15-16(19(21)23)6-5-7-17(15)25-14-18(22)20-9-3-2-4-10-20/h5-8,11H,2-4,9-10,12-14H2,1H3. The van der Waals surface area contributed by atoms with Crippen molar-refractivity contribution in [2.24, 2.45) is 0 Å². The highest BCUT2D eigenvalue weighted by molar-refractivity contribution is 5.88. The summed E-state index contributed by atoms with van der Waals surface area (Å²) in [5.41, 5.74) is -0.0812. The lowest BCUT2D eigenvalue weighted by atomic mass is 10.1. The van der Waals surface area contributed by atoms with E-state index in [0.29, 0.717) is 24.3 Å². The maximum atomic E-state index is 12.5. The second-order valence-corrected chi connectivity index (χ2v) is 6.25. The van der Waals surface area contributed by atoms with Crippen LogP contribution in [0.4, 0.5) is 0 Å². The first-order valence-electron chi connectivity index (χ1n) is 8.72. The zero-order chi connectivity index (χ0) is 17.6. The molecule has 1 aromatic carbocycles. The van der Waals surface area contributed by atoms with Gasteiger partial charge in [-0.15, -0.1) is 0 Å². The summed E-state index contributed by atoms with van der Waals surface area (Å²) in [5.74, 6) is 0.573. The minimum atomic E-state index is -0.0812. The predicted octanol–water partition coefficient (Wildman–Crippen LogP) is 2.04. The zero-order valence-electron chi connectivity index (χ0n) is 14.6. The van der Waals surface area contributed by atoms with Crippen LogP contribution in [0.25, 0.3) is 10.8 Å². The van der Waals surface area contributed by atoms with Crippen molar-refractivity contribution in [1.82, 2.24) is 9.47 Å². The molecular formula is C19H24N2O4. The number of pyridine rings is 1. The van der Waals surface area contributed by atoms with Gasteiger partial charge < -0.3 is 18.9 Å². The van der Waals surface area contributed by atoms with E-state index in [1.54, 1.807) is 36.1 Å². The molecule has 2 aromatic rings. The quantitative estimate of drug-likeness (QED) is 0.805. The summed E-state index contributed by atoms with van der Waals surface area (Å²) in [6, 6.07) is 7.21. The lowest BCUT2D eigenvalue weighted by Crippen LogP contribution is -2.38. The molecule has 1 amide bonds. The van der Waals surface area contributed by atoms with Crippen LogP contribution in [0.3, 0.4) is 0 Å². The predicted molar refractivity (Wildman–Crippen MR) is 96.0 cm³/mol. The second-order valence-electron chi connectivity index (χ2n) is 6.25. The molecule has 0 N–H and O–H groups in total. The van der Waals surface area contributed by atoms with Crippen LogP contribution in [-0.2, 0) is 16.1 Å². The number of methoxy groups -OCH3 is 1. The minimum Gasteiger partial charge on any atom is -0.483 e. The third-order valence-electron chi connectivity index (χ3n) is 4.57. The van der Waals surface area contributed by atoms with Gasteiger partial charge in [0.2, 0.25) is 0 Å². The van der Waals surface area contributed by atoms with Gasteiger partial charge in [0.1, 0.15) is 5.75 Å². The molecule has 0 spiro atoms. The van der Waals surface area contributed by atoms with Crippen molar-refractivity contribution in [2.45, 2.75) is 25.8 Å². The van der Waals surface area contributed by atoms with Crippen LogP contribution < -0.4 is 10.3 Å². The molecule has 1 aromatic heterocycles. The van der Waals surface area contributed by atoms with Crippen molar-refractivity contribution in [3.63, 3.8) is 0 Å². The fraction of sp³-hybridized carbons (Fsp3) is 0.474. The van der Waals surface area contributed by atoms with Gasteiger partial charge >= 0.3 is 0 Å². The van der Waals surface area contributed by atoms with Gasteiger partial charge in [-0.2, -0.15) is 0 Å². The molecule has 0 unspecified atom stereocenters. The summed E-state index contributed by atoms with van der Waals surface area (Å²) in [6.07, 6.45) is 5.04. The van der Waals surface area contributed by atoms with Gasteiger partial charge in [-0.25, -0.2) is 0 Å². The molecule has 0 bridgehead atoms. The highest BCUT2D eigenvalue weighted by Gasteiger charge is 2.17. The maximum Gasteiger partial charge on any atom is 0.260 e. The van der Waals surface area contributed by atoms with Crippen molar-refractivity contribution < 1.29 is 14.3 Å². The number of nitrogens with zero attached hydrogens (tertiary/aromatic N) is 2. The van der Waals surface area contributed by atoms with Crippen molar-refractivity contribution in [3.8, 4) is 5.75 Å². The number of rotatable bonds is 6. The number of ether oxygens (including phenoxy) is 2. The lowest BCUT2D eigenvalue weighted by molar-refractivity contribution is -0.134.